The summed E-state index contributed by atoms with van der Waals surface area (Å²) >= 11 is 0. The van der Waals surface area contributed by atoms with Crippen LogP contribution in [0, 0.1) is 5.92 Å². The molecular weight excluding hydrogens is 240 g/mol. The Kier molecular flexibility index (Phi) is 3.90. The Labute approximate surface area is 112 Å². The monoisotopic (exact) mass is 260 g/mol. The van der Waals surface area contributed by atoms with Gasteiger partial charge in [0.2, 0.25) is 0 Å². The highest BCUT2D eigenvalue weighted by Crippen LogP contribution is 2.22. The van der Waals surface area contributed by atoms with Gasteiger partial charge in [-0.15, -0.1) is 0 Å². The third-order valence-electron chi connectivity index (χ3n) is 3.50. The first-order valence-electron chi connectivity index (χ1n) is 6.50. The quantitative estimate of drug-likeness (QED) is 0.883. The molecule has 2 aromatic rings. The standard InChI is InChI=1S/C15H20N2O2/c1-10(2)13(9-18)16-12-8-15(19)17(3)14-7-5-4-6-11(12)14/h4-8,10,13,16,18H,9H2,1-3H3. The van der Waals surface area contributed by atoms with Crippen LogP contribution in [0.4, 0.5) is 5.69 Å². The number of nitrogens with one attached hydrogen (secondary N) is 1. The van der Waals surface area contributed by atoms with Crippen molar-refractivity contribution in [2.24, 2.45) is 13.0 Å². The highest BCUT2D eigenvalue weighted by Gasteiger charge is 2.14. The predicted octanol–water partition coefficient (Wildman–Crippen LogP) is 1.97. The number of para-hydroxylation sites is 1. The second kappa shape index (κ2) is 5.45. The van der Waals surface area contributed by atoms with E-state index in [0.29, 0.717) is 0 Å². The summed E-state index contributed by atoms with van der Waals surface area (Å²) < 4.78 is 1.63. The Morgan fingerprint density at radius 3 is 2.63 bits per heavy atom. The fourth-order valence-electron chi connectivity index (χ4n) is 2.15. The van der Waals surface area contributed by atoms with Crippen LogP contribution in [0.3, 0.4) is 0 Å². The number of hydrogen-bond donors (Lipinski definition) is 2. The molecule has 0 amide bonds. The van der Waals surface area contributed by atoms with Gasteiger partial charge in [0.05, 0.1) is 18.2 Å². The van der Waals surface area contributed by atoms with E-state index in [9.17, 15) is 9.90 Å². The lowest BCUT2D eigenvalue weighted by Gasteiger charge is -2.22. The molecule has 0 spiro atoms. The van der Waals surface area contributed by atoms with Crippen molar-refractivity contribution in [3.63, 3.8) is 0 Å². The molecule has 0 saturated carbocycles. The molecule has 2 N–H and O–H groups in total. The molecule has 4 nitrogen and oxygen atoms in total. The van der Waals surface area contributed by atoms with E-state index in [4.69, 9.17) is 0 Å². The Bertz CT molecular complexity index is 632. The maximum absolute atomic E-state index is 12.0. The summed E-state index contributed by atoms with van der Waals surface area (Å²) in [5, 5.41) is 13.7. The number of fused-ring (bicyclic) bond motifs is 1. The fourth-order valence-corrected chi connectivity index (χ4v) is 2.15. The smallest absolute Gasteiger partial charge is 0.252 e. The van der Waals surface area contributed by atoms with Crippen LogP contribution in [0.25, 0.3) is 10.9 Å². The molecule has 1 aromatic carbocycles. The maximum atomic E-state index is 12.0. The number of pyridine rings is 1. The maximum Gasteiger partial charge on any atom is 0.252 e. The first kappa shape index (κ1) is 13.6. The summed E-state index contributed by atoms with van der Waals surface area (Å²) in [7, 11) is 1.76. The average Bonchev–Trinajstić information content (AvgIpc) is 2.41. The van der Waals surface area contributed by atoms with Gasteiger partial charge in [-0.25, -0.2) is 0 Å². The van der Waals surface area contributed by atoms with Crippen molar-refractivity contribution in [1.29, 1.82) is 0 Å². The first-order valence-corrected chi connectivity index (χ1v) is 6.50. The molecule has 0 aliphatic heterocycles. The molecule has 1 heterocycles. The molecule has 1 atom stereocenters. The molecule has 4 heteroatoms. The van der Waals surface area contributed by atoms with E-state index in [-0.39, 0.29) is 24.1 Å². The van der Waals surface area contributed by atoms with Crippen LogP contribution < -0.4 is 10.9 Å². The number of aromatic nitrogens is 1. The molecule has 0 saturated heterocycles. The number of hydrogen-bond acceptors (Lipinski definition) is 3. The molecule has 1 aromatic heterocycles. The van der Waals surface area contributed by atoms with Gasteiger partial charge < -0.3 is 15.0 Å². The lowest BCUT2D eigenvalue weighted by atomic mass is 10.0. The van der Waals surface area contributed by atoms with E-state index in [0.717, 1.165) is 16.6 Å². The lowest BCUT2D eigenvalue weighted by Crippen LogP contribution is -2.30. The van der Waals surface area contributed by atoms with Gasteiger partial charge in [-0.1, -0.05) is 32.0 Å². The van der Waals surface area contributed by atoms with Crippen LogP contribution in [0.1, 0.15) is 13.8 Å². The minimum atomic E-state index is -0.0597. The minimum absolute atomic E-state index is 0.0429. The molecule has 0 fully saturated rings. The van der Waals surface area contributed by atoms with Gasteiger partial charge in [0.1, 0.15) is 0 Å². The molecule has 0 bridgehead atoms. The lowest BCUT2D eigenvalue weighted by molar-refractivity contribution is 0.249. The van der Waals surface area contributed by atoms with Gasteiger partial charge >= 0.3 is 0 Å². The normalized spacial score (nSPS) is 12.9. The minimum Gasteiger partial charge on any atom is -0.394 e. The summed E-state index contributed by atoms with van der Waals surface area (Å²) in [5.74, 6) is 0.285. The molecule has 0 aliphatic carbocycles. The summed E-state index contributed by atoms with van der Waals surface area (Å²) in [6.07, 6.45) is 0. The number of aryl methyl sites for hydroxylation is 1. The van der Waals surface area contributed by atoms with Crippen molar-refractivity contribution < 1.29 is 5.11 Å². The van der Waals surface area contributed by atoms with Gasteiger partial charge in [-0.05, 0) is 12.0 Å². The number of nitrogens with zero attached hydrogens (tertiary/aromatic N) is 1. The van der Waals surface area contributed by atoms with Crippen molar-refractivity contribution in [2.45, 2.75) is 19.9 Å². The molecule has 19 heavy (non-hydrogen) atoms. The number of benzene rings is 1. The second-order valence-corrected chi connectivity index (χ2v) is 5.15. The highest BCUT2D eigenvalue weighted by atomic mass is 16.3. The molecule has 102 valence electrons. The van der Waals surface area contributed by atoms with Gasteiger partial charge in [-0.2, -0.15) is 0 Å². The van der Waals surface area contributed by atoms with Crippen LogP contribution in [0.15, 0.2) is 35.1 Å². The van der Waals surface area contributed by atoms with Crippen LogP contribution in [0.5, 0.6) is 0 Å². The Balaban J connectivity index is 2.55. The topological polar surface area (TPSA) is 54.3 Å². The average molecular weight is 260 g/mol. The molecule has 0 aliphatic rings. The first-order chi connectivity index (χ1) is 9.04. The Morgan fingerprint density at radius 1 is 1.32 bits per heavy atom. The van der Waals surface area contributed by atoms with E-state index >= 15 is 0 Å². The van der Waals surface area contributed by atoms with E-state index in [1.54, 1.807) is 17.7 Å². The molecule has 0 radical (unpaired) electrons. The molecule has 1 unspecified atom stereocenters. The zero-order valence-corrected chi connectivity index (χ0v) is 11.6. The van der Waals surface area contributed by atoms with Gasteiger partial charge in [0.15, 0.2) is 0 Å². The summed E-state index contributed by atoms with van der Waals surface area (Å²) in [6, 6.07) is 9.29. The van der Waals surface area contributed by atoms with E-state index in [1.807, 2.05) is 38.1 Å². The van der Waals surface area contributed by atoms with Crippen molar-refractivity contribution >= 4 is 16.6 Å². The van der Waals surface area contributed by atoms with Crippen molar-refractivity contribution in [1.82, 2.24) is 4.57 Å². The van der Waals surface area contributed by atoms with Crippen molar-refractivity contribution in [3.05, 3.63) is 40.7 Å². The van der Waals surface area contributed by atoms with Gasteiger partial charge in [-0.3, -0.25) is 4.79 Å². The molecule has 2 rings (SSSR count). The highest BCUT2D eigenvalue weighted by molar-refractivity contribution is 5.91. The van der Waals surface area contributed by atoms with E-state index in [1.165, 1.54) is 0 Å². The number of anilines is 1. The summed E-state index contributed by atoms with van der Waals surface area (Å²) in [4.78, 5) is 12.0. The van der Waals surface area contributed by atoms with Crippen molar-refractivity contribution in [3.8, 4) is 0 Å². The van der Waals surface area contributed by atoms with E-state index < -0.39 is 0 Å². The van der Waals surface area contributed by atoms with Crippen LogP contribution in [0.2, 0.25) is 0 Å². The number of rotatable bonds is 4. The zero-order valence-electron chi connectivity index (χ0n) is 11.6. The zero-order chi connectivity index (χ0) is 14.0. The predicted molar refractivity (Wildman–Crippen MR) is 78.5 cm³/mol. The van der Waals surface area contributed by atoms with Crippen LogP contribution in [-0.4, -0.2) is 22.3 Å². The third-order valence-corrected chi connectivity index (χ3v) is 3.50. The Morgan fingerprint density at radius 2 is 2.00 bits per heavy atom. The van der Waals surface area contributed by atoms with Crippen LogP contribution in [-0.2, 0) is 7.05 Å². The largest absolute Gasteiger partial charge is 0.394 e. The SMILES string of the molecule is CC(C)C(CO)Nc1cc(=O)n(C)c2ccccc12. The van der Waals surface area contributed by atoms with Crippen LogP contribution >= 0.6 is 0 Å². The van der Waals surface area contributed by atoms with E-state index in [2.05, 4.69) is 5.32 Å². The summed E-state index contributed by atoms with van der Waals surface area (Å²) in [6.45, 7) is 4.12. The fraction of sp³-hybridized carbons (Fsp3) is 0.400. The number of aliphatic hydroxyl groups is 1. The second-order valence-electron chi connectivity index (χ2n) is 5.15. The third kappa shape index (κ3) is 2.63. The van der Waals surface area contributed by atoms with Gasteiger partial charge in [0.25, 0.3) is 5.56 Å². The van der Waals surface area contributed by atoms with Gasteiger partial charge in [0, 0.05) is 24.2 Å². The summed E-state index contributed by atoms with van der Waals surface area (Å²) in [5.41, 5.74) is 1.62. The molecular formula is C15H20N2O2. The Hall–Kier alpha value is -1.81. The number of aliphatic hydroxyl groups excluding tert-OH is 1. The van der Waals surface area contributed by atoms with Crippen molar-refractivity contribution in [2.75, 3.05) is 11.9 Å².